The van der Waals surface area contributed by atoms with Crippen LogP contribution < -0.4 is 5.32 Å². The molecule has 1 aliphatic heterocycles. The molecule has 4 heteroatoms. The average molecular weight is 226 g/mol. The summed E-state index contributed by atoms with van der Waals surface area (Å²) in [5, 5.41) is 6.26. The highest BCUT2D eigenvalue weighted by Gasteiger charge is 2.18. The van der Waals surface area contributed by atoms with Gasteiger partial charge in [-0.1, -0.05) is 0 Å². The lowest BCUT2D eigenvalue weighted by Gasteiger charge is -2.29. The largest absolute Gasteiger partial charge is 0.363 e. The number of thiophene rings is 1. The molecule has 0 atom stereocenters. The van der Waals surface area contributed by atoms with Crippen molar-refractivity contribution in [2.75, 3.05) is 13.1 Å². The number of rotatable bonds is 1. The first-order valence-corrected chi connectivity index (χ1v) is 6.18. The van der Waals surface area contributed by atoms with Crippen LogP contribution in [0.15, 0.2) is 11.4 Å². The van der Waals surface area contributed by atoms with Gasteiger partial charge in [-0.15, -0.1) is 11.3 Å². The molecule has 0 radical (unpaired) electrons. The third-order valence-electron chi connectivity index (χ3n) is 2.42. The van der Waals surface area contributed by atoms with Crippen LogP contribution in [0.1, 0.15) is 17.4 Å². The maximum absolute atomic E-state index is 5.29. The minimum Gasteiger partial charge on any atom is -0.363 e. The zero-order valence-corrected chi connectivity index (χ0v) is 9.88. The Morgan fingerprint density at radius 3 is 3.36 bits per heavy atom. The van der Waals surface area contributed by atoms with Crippen LogP contribution in [-0.4, -0.2) is 23.1 Å². The van der Waals surface area contributed by atoms with Crippen LogP contribution in [0.25, 0.3) is 0 Å². The van der Waals surface area contributed by atoms with Gasteiger partial charge in [-0.2, -0.15) is 0 Å². The first-order valence-electron chi connectivity index (χ1n) is 4.89. The molecule has 0 amide bonds. The molecule has 1 N–H and O–H groups in total. The molecule has 14 heavy (non-hydrogen) atoms. The number of thiocarbonyl (C=S) groups is 1. The summed E-state index contributed by atoms with van der Waals surface area (Å²) in [5.74, 6) is 0. The molecule has 2 heterocycles. The van der Waals surface area contributed by atoms with Crippen molar-refractivity contribution in [1.82, 2.24) is 10.2 Å². The summed E-state index contributed by atoms with van der Waals surface area (Å²) in [4.78, 5) is 3.77. The SMILES string of the molecule is CCNC(=S)N1CCc2sccc2C1. The van der Waals surface area contributed by atoms with Gasteiger partial charge < -0.3 is 10.2 Å². The van der Waals surface area contributed by atoms with Crippen LogP contribution in [0, 0.1) is 0 Å². The topological polar surface area (TPSA) is 15.3 Å². The van der Waals surface area contributed by atoms with E-state index < -0.39 is 0 Å². The van der Waals surface area contributed by atoms with Crippen molar-refractivity contribution in [3.05, 3.63) is 21.9 Å². The highest BCUT2D eigenvalue weighted by Crippen LogP contribution is 2.23. The van der Waals surface area contributed by atoms with Crippen LogP contribution in [0.4, 0.5) is 0 Å². The monoisotopic (exact) mass is 226 g/mol. The predicted octanol–water partition coefficient (Wildman–Crippen LogP) is 2.00. The second kappa shape index (κ2) is 4.28. The van der Waals surface area contributed by atoms with Gasteiger partial charge in [-0.25, -0.2) is 0 Å². The van der Waals surface area contributed by atoms with E-state index in [1.54, 1.807) is 0 Å². The van der Waals surface area contributed by atoms with Crippen molar-refractivity contribution in [2.24, 2.45) is 0 Å². The van der Waals surface area contributed by atoms with Gasteiger partial charge in [0.1, 0.15) is 0 Å². The summed E-state index contributed by atoms with van der Waals surface area (Å²) < 4.78 is 0. The van der Waals surface area contributed by atoms with Crippen molar-refractivity contribution < 1.29 is 0 Å². The summed E-state index contributed by atoms with van der Waals surface area (Å²) in [7, 11) is 0. The maximum atomic E-state index is 5.29. The number of fused-ring (bicyclic) bond motifs is 1. The van der Waals surface area contributed by atoms with Crippen molar-refractivity contribution >= 4 is 28.7 Å². The lowest BCUT2D eigenvalue weighted by molar-refractivity contribution is 0.391. The molecule has 0 saturated heterocycles. The first kappa shape index (κ1) is 9.93. The van der Waals surface area contributed by atoms with Crippen molar-refractivity contribution in [2.45, 2.75) is 19.9 Å². The normalized spacial score (nSPS) is 15.1. The van der Waals surface area contributed by atoms with Crippen LogP contribution in [0.2, 0.25) is 0 Å². The standard InChI is InChI=1S/C10H14N2S2/c1-2-11-10(13)12-5-3-9-8(7-12)4-6-14-9/h4,6H,2-3,5,7H2,1H3,(H,11,13). The molecule has 0 aliphatic carbocycles. The minimum absolute atomic E-state index is 0.893. The lowest BCUT2D eigenvalue weighted by atomic mass is 10.1. The second-order valence-electron chi connectivity index (χ2n) is 3.38. The van der Waals surface area contributed by atoms with Crippen LogP contribution in [0.5, 0.6) is 0 Å². The quantitative estimate of drug-likeness (QED) is 0.737. The van der Waals surface area contributed by atoms with E-state index in [-0.39, 0.29) is 0 Å². The van der Waals surface area contributed by atoms with E-state index in [0.717, 1.165) is 31.2 Å². The highest BCUT2D eigenvalue weighted by atomic mass is 32.1. The number of nitrogens with zero attached hydrogens (tertiary/aromatic N) is 1. The van der Waals surface area contributed by atoms with Crippen LogP contribution in [0.3, 0.4) is 0 Å². The van der Waals surface area contributed by atoms with Gasteiger partial charge in [0, 0.05) is 24.5 Å². The Hall–Kier alpha value is -0.610. The minimum atomic E-state index is 0.893. The molecule has 76 valence electrons. The summed E-state index contributed by atoms with van der Waals surface area (Å²) in [6.45, 7) is 5.02. The molecule has 2 rings (SSSR count). The van der Waals surface area contributed by atoms with E-state index in [4.69, 9.17) is 12.2 Å². The number of hydrogen-bond acceptors (Lipinski definition) is 2. The smallest absolute Gasteiger partial charge is 0.169 e. The van der Waals surface area contributed by atoms with Gasteiger partial charge in [-0.3, -0.25) is 0 Å². The zero-order valence-electron chi connectivity index (χ0n) is 8.25. The zero-order chi connectivity index (χ0) is 9.97. The fourth-order valence-corrected chi connectivity index (χ4v) is 2.87. The van der Waals surface area contributed by atoms with Gasteiger partial charge in [-0.05, 0) is 42.6 Å². The van der Waals surface area contributed by atoms with E-state index in [1.165, 1.54) is 10.4 Å². The summed E-state index contributed by atoms with van der Waals surface area (Å²) >= 11 is 7.16. The van der Waals surface area contributed by atoms with Gasteiger partial charge in [0.05, 0.1) is 0 Å². The van der Waals surface area contributed by atoms with Crippen molar-refractivity contribution in [3.63, 3.8) is 0 Å². The lowest BCUT2D eigenvalue weighted by Crippen LogP contribution is -2.42. The summed E-state index contributed by atoms with van der Waals surface area (Å²) in [6, 6.07) is 2.21. The Morgan fingerprint density at radius 2 is 2.57 bits per heavy atom. The highest BCUT2D eigenvalue weighted by molar-refractivity contribution is 7.80. The first-order chi connectivity index (χ1) is 6.81. The number of hydrogen-bond donors (Lipinski definition) is 1. The van der Waals surface area contributed by atoms with Gasteiger partial charge in [0.25, 0.3) is 0 Å². The predicted molar refractivity (Wildman–Crippen MR) is 64.7 cm³/mol. The molecule has 0 spiro atoms. The Kier molecular flexibility index (Phi) is 3.03. The average Bonchev–Trinajstić information content (AvgIpc) is 2.64. The third kappa shape index (κ3) is 1.91. The fourth-order valence-electron chi connectivity index (χ4n) is 1.68. The third-order valence-corrected chi connectivity index (χ3v) is 3.85. The van der Waals surface area contributed by atoms with Gasteiger partial charge >= 0.3 is 0 Å². The van der Waals surface area contributed by atoms with E-state index in [2.05, 4.69) is 28.6 Å². The molecule has 1 aliphatic rings. The molecule has 0 fully saturated rings. The Bertz CT molecular complexity index is 333. The van der Waals surface area contributed by atoms with Gasteiger partial charge in [0.15, 0.2) is 5.11 Å². The van der Waals surface area contributed by atoms with Crippen molar-refractivity contribution in [1.29, 1.82) is 0 Å². The fraction of sp³-hybridized carbons (Fsp3) is 0.500. The maximum Gasteiger partial charge on any atom is 0.169 e. The molecule has 0 saturated carbocycles. The van der Waals surface area contributed by atoms with Crippen LogP contribution in [-0.2, 0) is 13.0 Å². The van der Waals surface area contributed by atoms with Crippen LogP contribution >= 0.6 is 23.6 Å². The van der Waals surface area contributed by atoms with E-state index in [9.17, 15) is 0 Å². The van der Waals surface area contributed by atoms with E-state index in [0.29, 0.717) is 0 Å². The Labute approximate surface area is 93.9 Å². The van der Waals surface area contributed by atoms with E-state index in [1.807, 2.05) is 11.3 Å². The molecule has 0 unspecified atom stereocenters. The number of nitrogens with one attached hydrogen (secondary N) is 1. The second-order valence-corrected chi connectivity index (χ2v) is 4.76. The van der Waals surface area contributed by atoms with E-state index >= 15 is 0 Å². The Balaban J connectivity index is 2.04. The van der Waals surface area contributed by atoms with Gasteiger partial charge in [0.2, 0.25) is 0 Å². The Morgan fingerprint density at radius 1 is 1.71 bits per heavy atom. The molecule has 0 bridgehead atoms. The summed E-state index contributed by atoms with van der Waals surface area (Å²) in [5.41, 5.74) is 1.45. The molecule has 2 nitrogen and oxygen atoms in total. The molecule has 0 aromatic carbocycles. The molecular formula is C10H14N2S2. The molecule has 1 aromatic rings. The molecule has 1 aromatic heterocycles. The molecular weight excluding hydrogens is 212 g/mol. The van der Waals surface area contributed by atoms with Crippen molar-refractivity contribution in [3.8, 4) is 0 Å². The summed E-state index contributed by atoms with van der Waals surface area (Å²) in [6.07, 6.45) is 1.14.